The number of rotatable bonds is 7. The van der Waals surface area contributed by atoms with E-state index in [4.69, 9.17) is 15.2 Å². The lowest BCUT2D eigenvalue weighted by molar-refractivity contribution is -0.118. The Morgan fingerprint density at radius 2 is 2.07 bits per heavy atom. The third-order valence-electron chi connectivity index (χ3n) is 1.37. The summed E-state index contributed by atoms with van der Waals surface area (Å²) in [5.41, 5.74) is 5.62. The zero-order valence-corrected chi connectivity index (χ0v) is 8.71. The maximum atomic E-state index is 10.9. The van der Waals surface area contributed by atoms with Crippen LogP contribution in [0.5, 0.6) is 0 Å². The summed E-state index contributed by atoms with van der Waals surface area (Å²) >= 11 is 0. The highest BCUT2D eigenvalue weighted by Gasteiger charge is 2.03. The molecule has 0 heterocycles. The number of nitrogens with two attached hydrogens (primary N) is 1. The topological polar surface area (TPSA) is 61.5 Å². The van der Waals surface area contributed by atoms with Crippen LogP contribution in [0.25, 0.3) is 0 Å². The molecule has 4 nitrogen and oxygen atoms in total. The van der Waals surface area contributed by atoms with Crippen molar-refractivity contribution < 1.29 is 14.3 Å². The third kappa shape index (κ3) is 7.74. The van der Waals surface area contributed by atoms with E-state index in [1.54, 1.807) is 6.92 Å². The molecule has 0 saturated carbocycles. The van der Waals surface area contributed by atoms with Gasteiger partial charge >= 0.3 is 0 Å². The fourth-order valence-electron chi connectivity index (χ4n) is 0.796. The van der Waals surface area contributed by atoms with E-state index in [9.17, 15) is 4.79 Å². The Bertz CT molecular complexity index is 217. The Balaban J connectivity index is 3.42. The Morgan fingerprint density at radius 1 is 1.43 bits per heavy atom. The van der Waals surface area contributed by atoms with Gasteiger partial charge in [-0.15, -0.1) is 0 Å². The maximum absolute atomic E-state index is 10.9. The lowest BCUT2D eigenvalue weighted by Crippen LogP contribution is -2.32. The molecule has 4 heteroatoms. The van der Waals surface area contributed by atoms with E-state index >= 15 is 0 Å². The van der Waals surface area contributed by atoms with Gasteiger partial charge in [-0.3, -0.25) is 4.79 Å². The number of carbonyl (C=O) groups is 1. The van der Waals surface area contributed by atoms with Crippen molar-refractivity contribution in [3.05, 3.63) is 0 Å². The predicted molar refractivity (Wildman–Crippen MR) is 53.7 cm³/mol. The Labute approximate surface area is 84.8 Å². The van der Waals surface area contributed by atoms with Crippen molar-refractivity contribution in [2.45, 2.75) is 19.9 Å². The van der Waals surface area contributed by atoms with Crippen molar-refractivity contribution in [1.29, 1.82) is 0 Å². The quantitative estimate of drug-likeness (QED) is 0.461. The van der Waals surface area contributed by atoms with Crippen LogP contribution in [0.2, 0.25) is 0 Å². The lowest BCUT2D eigenvalue weighted by Gasteiger charge is -2.10. The SMILES string of the molecule is CC#CC(=O)COCC(N)COCC. The third-order valence-corrected chi connectivity index (χ3v) is 1.37. The number of ether oxygens (including phenoxy) is 2. The number of Topliss-reactive ketones (excluding diaryl/α,β-unsaturated/α-hetero) is 1. The van der Waals surface area contributed by atoms with Gasteiger partial charge in [-0.1, -0.05) is 5.92 Å². The first-order valence-electron chi connectivity index (χ1n) is 4.57. The van der Waals surface area contributed by atoms with E-state index in [1.165, 1.54) is 0 Å². The molecule has 0 bridgehead atoms. The Hall–Kier alpha value is -0.890. The summed E-state index contributed by atoms with van der Waals surface area (Å²) in [5, 5.41) is 0. The van der Waals surface area contributed by atoms with Crippen LogP contribution in [0.3, 0.4) is 0 Å². The average Bonchev–Trinajstić information content (AvgIpc) is 2.15. The van der Waals surface area contributed by atoms with Gasteiger partial charge in [0.2, 0.25) is 5.78 Å². The summed E-state index contributed by atoms with van der Waals surface area (Å²) in [7, 11) is 0. The van der Waals surface area contributed by atoms with Crippen LogP contribution in [0.1, 0.15) is 13.8 Å². The van der Waals surface area contributed by atoms with Crippen molar-refractivity contribution in [2.75, 3.05) is 26.4 Å². The highest BCUT2D eigenvalue weighted by molar-refractivity contribution is 5.96. The van der Waals surface area contributed by atoms with Gasteiger partial charge in [0.05, 0.1) is 19.3 Å². The molecule has 0 aromatic rings. The molecule has 0 amide bonds. The molecule has 0 radical (unpaired) electrons. The second-order valence-corrected chi connectivity index (χ2v) is 2.73. The monoisotopic (exact) mass is 199 g/mol. The first-order valence-corrected chi connectivity index (χ1v) is 4.57. The van der Waals surface area contributed by atoms with Gasteiger partial charge in [-0.25, -0.2) is 0 Å². The first kappa shape index (κ1) is 13.1. The van der Waals surface area contributed by atoms with Gasteiger partial charge in [0, 0.05) is 6.61 Å². The largest absolute Gasteiger partial charge is 0.380 e. The molecule has 1 unspecified atom stereocenters. The highest BCUT2D eigenvalue weighted by atomic mass is 16.5. The van der Waals surface area contributed by atoms with Crippen LogP contribution in [-0.2, 0) is 14.3 Å². The van der Waals surface area contributed by atoms with Crippen LogP contribution in [0.15, 0.2) is 0 Å². The summed E-state index contributed by atoms with van der Waals surface area (Å²) < 4.78 is 10.1. The molecule has 0 aromatic heterocycles. The van der Waals surface area contributed by atoms with Gasteiger partial charge in [0.1, 0.15) is 6.61 Å². The fraction of sp³-hybridized carbons (Fsp3) is 0.700. The Kier molecular flexibility index (Phi) is 8.14. The number of carbonyl (C=O) groups excluding carboxylic acids is 1. The van der Waals surface area contributed by atoms with Crippen molar-refractivity contribution in [3.63, 3.8) is 0 Å². The smallest absolute Gasteiger partial charge is 0.231 e. The minimum Gasteiger partial charge on any atom is -0.380 e. The maximum Gasteiger partial charge on any atom is 0.231 e. The van der Waals surface area contributed by atoms with E-state index < -0.39 is 0 Å². The molecular weight excluding hydrogens is 182 g/mol. The van der Waals surface area contributed by atoms with E-state index in [0.29, 0.717) is 19.8 Å². The molecule has 0 fully saturated rings. The molecule has 0 aromatic carbocycles. The van der Waals surface area contributed by atoms with Crippen LogP contribution < -0.4 is 5.73 Å². The average molecular weight is 199 g/mol. The van der Waals surface area contributed by atoms with Crippen LogP contribution >= 0.6 is 0 Å². The molecule has 0 spiro atoms. The number of hydrogen-bond donors (Lipinski definition) is 1. The van der Waals surface area contributed by atoms with Crippen molar-refractivity contribution in [1.82, 2.24) is 0 Å². The van der Waals surface area contributed by atoms with E-state index in [1.807, 2.05) is 6.92 Å². The van der Waals surface area contributed by atoms with Gasteiger partial charge in [0.15, 0.2) is 0 Å². The molecule has 2 N–H and O–H groups in total. The van der Waals surface area contributed by atoms with Crippen molar-refractivity contribution in [3.8, 4) is 11.8 Å². The predicted octanol–water partition coefficient (Wildman–Crippen LogP) is -0.0408. The van der Waals surface area contributed by atoms with Crippen LogP contribution in [-0.4, -0.2) is 38.3 Å². The standard InChI is InChI=1S/C10H17NO3/c1-3-5-10(12)8-14-7-9(11)6-13-4-2/h9H,4,6-8,11H2,1-2H3. The summed E-state index contributed by atoms with van der Waals surface area (Å²) in [6.45, 7) is 4.91. The molecular formula is C10H17NO3. The lowest BCUT2D eigenvalue weighted by atomic mass is 10.3. The molecule has 0 aliphatic rings. The molecule has 80 valence electrons. The Morgan fingerprint density at radius 3 is 2.64 bits per heavy atom. The normalized spacial score (nSPS) is 11.6. The van der Waals surface area contributed by atoms with E-state index in [-0.39, 0.29) is 18.4 Å². The second kappa shape index (κ2) is 8.70. The zero-order valence-electron chi connectivity index (χ0n) is 8.71. The zero-order chi connectivity index (χ0) is 10.8. The van der Waals surface area contributed by atoms with Gasteiger partial charge in [-0.05, 0) is 19.8 Å². The van der Waals surface area contributed by atoms with Crippen LogP contribution in [0, 0.1) is 11.8 Å². The summed E-state index contributed by atoms with van der Waals surface area (Å²) in [5.74, 6) is 4.66. The van der Waals surface area contributed by atoms with Gasteiger partial charge in [-0.2, -0.15) is 0 Å². The molecule has 14 heavy (non-hydrogen) atoms. The number of ketones is 1. The summed E-state index contributed by atoms with van der Waals surface area (Å²) in [4.78, 5) is 10.9. The van der Waals surface area contributed by atoms with Gasteiger partial charge < -0.3 is 15.2 Å². The molecule has 0 aliphatic carbocycles. The summed E-state index contributed by atoms with van der Waals surface area (Å²) in [6, 6.07) is -0.183. The van der Waals surface area contributed by atoms with Crippen molar-refractivity contribution in [2.24, 2.45) is 5.73 Å². The molecule has 1 atom stereocenters. The van der Waals surface area contributed by atoms with E-state index in [2.05, 4.69) is 11.8 Å². The second-order valence-electron chi connectivity index (χ2n) is 2.73. The molecule has 0 saturated heterocycles. The molecule has 0 rings (SSSR count). The van der Waals surface area contributed by atoms with Gasteiger partial charge in [0.25, 0.3) is 0 Å². The molecule has 0 aliphatic heterocycles. The first-order chi connectivity index (χ1) is 6.70. The summed E-state index contributed by atoms with van der Waals surface area (Å²) in [6.07, 6.45) is 0. The minimum absolute atomic E-state index is 0.000660. The number of hydrogen-bond acceptors (Lipinski definition) is 4. The highest BCUT2D eigenvalue weighted by Crippen LogP contribution is 1.85. The minimum atomic E-state index is -0.226. The fourth-order valence-corrected chi connectivity index (χ4v) is 0.796. The van der Waals surface area contributed by atoms with Crippen molar-refractivity contribution >= 4 is 5.78 Å². The van der Waals surface area contributed by atoms with E-state index in [0.717, 1.165) is 0 Å². The van der Waals surface area contributed by atoms with Crippen LogP contribution in [0.4, 0.5) is 0 Å².